The van der Waals surface area contributed by atoms with Crippen molar-refractivity contribution in [2.75, 3.05) is 5.32 Å². The van der Waals surface area contributed by atoms with Gasteiger partial charge >= 0.3 is 0 Å². The zero-order valence-corrected chi connectivity index (χ0v) is 9.90. The number of nitrogens with zero attached hydrogens (tertiary/aromatic N) is 2. The predicted octanol–water partition coefficient (Wildman–Crippen LogP) is 2.10. The Balaban J connectivity index is 2.18. The Morgan fingerprint density at radius 2 is 2.17 bits per heavy atom. The van der Waals surface area contributed by atoms with Gasteiger partial charge in [-0.15, -0.1) is 0 Å². The summed E-state index contributed by atoms with van der Waals surface area (Å²) in [6, 6.07) is 11.3. The second-order valence-electron chi connectivity index (χ2n) is 3.87. The van der Waals surface area contributed by atoms with E-state index in [9.17, 15) is 4.79 Å². The highest BCUT2D eigenvalue weighted by molar-refractivity contribution is 5.88. The van der Waals surface area contributed by atoms with E-state index in [1.165, 1.54) is 6.92 Å². The van der Waals surface area contributed by atoms with Crippen LogP contribution in [0.5, 0.6) is 0 Å². The number of anilines is 1. The summed E-state index contributed by atoms with van der Waals surface area (Å²) in [6.07, 6.45) is 0.316. The van der Waals surface area contributed by atoms with Crippen LogP contribution in [0.25, 0.3) is 11.3 Å². The lowest BCUT2D eigenvalue weighted by Gasteiger charge is -2.02. The molecular weight excluding hydrogens is 228 g/mol. The standard InChI is InChI=1S/C13H12N4O/c1-9(18)15-11-4-2-10(3-5-11)13-8-12(6-7-14)16-17-13/h2-5,8H,6H2,1H3,(H,15,18)(H,16,17). The van der Waals surface area contributed by atoms with Crippen LogP contribution in [0, 0.1) is 11.3 Å². The van der Waals surface area contributed by atoms with Crippen molar-refractivity contribution in [2.24, 2.45) is 0 Å². The molecule has 0 aliphatic carbocycles. The average Bonchev–Trinajstić information content (AvgIpc) is 2.78. The number of amides is 1. The fourth-order valence-corrected chi connectivity index (χ4v) is 1.61. The molecule has 0 radical (unpaired) electrons. The van der Waals surface area contributed by atoms with E-state index >= 15 is 0 Å². The molecule has 2 aromatic rings. The summed E-state index contributed by atoms with van der Waals surface area (Å²) in [4.78, 5) is 10.9. The van der Waals surface area contributed by atoms with E-state index in [0.717, 1.165) is 22.6 Å². The fraction of sp³-hybridized carbons (Fsp3) is 0.154. The van der Waals surface area contributed by atoms with Gasteiger partial charge in [0, 0.05) is 23.9 Å². The molecule has 1 aromatic heterocycles. The van der Waals surface area contributed by atoms with Crippen LogP contribution in [-0.2, 0) is 11.2 Å². The van der Waals surface area contributed by atoms with E-state index in [-0.39, 0.29) is 5.91 Å². The first-order valence-electron chi connectivity index (χ1n) is 5.48. The first-order valence-corrected chi connectivity index (χ1v) is 5.48. The van der Waals surface area contributed by atoms with Gasteiger partial charge < -0.3 is 5.32 Å². The molecule has 5 heteroatoms. The highest BCUT2D eigenvalue weighted by Gasteiger charge is 2.04. The molecule has 18 heavy (non-hydrogen) atoms. The van der Waals surface area contributed by atoms with Gasteiger partial charge in [0.25, 0.3) is 0 Å². The fourth-order valence-electron chi connectivity index (χ4n) is 1.61. The summed E-state index contributed by atoms with van der Waals surface area (Å²) in [6.45, 7) is 1.47. The molecule has 0 atom stereocenters. The maximum atomic E-state index is 10.9. The molecule has 0 saturated carbocycles. The molecule has 0 aliphatic rings. The van der Waals surface area contributed by atoms with Crippen molar-refractivity contribution in [1.29, 1.82) is 5.26 Å². The number of hydrogen-bond acceptors (Lipinski definition) is 3. The van der Waals surface area contributed by atoms with Gasteiger partial charge in [0.05, 0.1) is 18.2 Å². The first-order chi connectivity index (χ1) is 8.69. The van der Waals surface area contributed by atoms with Crippen LogP contribution in [0.4, 0.5) is 5.69 Å². The van der Waals surface area contributed by atoms with Crippen molar-refractivity contribution in [2.45, 2.75) is 13.3 Å². The van der Waals surface area contributed by atoms with Crippen LogP contribution >= 0.6 is 0 Å². The molecule has 0 unspecified atom stereocenters. The smallest absolute Gasteiger partial charge is 0.221 e. The number of carbonyl (C=O) groups is 1. The van der Waals surface area contributed by atoms with Gasteiger partial charge in [0.15, 0.2) is 0 Å². The van der Waals surface area contributed by atoms with E-state index < -0.39 is 0 Å². The average molecular weight is 240 g/mol. The highest BCUT2D eigenvalue weighted by atomic mass is 16.1. The van der Waals surface area contributed by atoms with Crippen LogP contribution in [0.2, 0.25) is 0 Å². The number of aromatic nitrogens is 2. The molecule has 2 N–H and O–H groups in total. The molecule has 0 bridgehead atoms. The Kier molecular flexibility index (Phi) is 3.39. The number of carbonyl (C=O) groups excluding carboxylic acids is 1. The number of hydrogen-bond donors (Lipinski definition) is 2. The van der Waals surface area contributed by atoms with Crippen LogP contribution < -0.4 is 5.32 Å². The molecule has 2 rings (SSSR count). The van der Waals surface area contributed by atoms with Crippen LogP contribution in [0.1, 0.15) is 12.6 Å². The van der Waals surface area contributed by atoms with E-state index in [2.05, 4.69) is 21.6 Å². The summed E-state index contributed by atoms with van der Waals surface area (Å²) in [5, 5.41) is 18.2. The molecular formula is C13H12N4O. The summed E-state index contributed by atoms with van der Waals surface area (Å²) in [7, 11) is 0. The van der Waals surface area contributed by atoms with Crippen molar-refractivity contribution < 1.29 is 4.79 Å². The van der Waals surface area contributed by atoms with E-state index in [1.54, 1.807) is 0 Å². The van der Waals surface area contributed by atoms with Gasteiger partial charge in [0.2, 0.25) is 5.91 Å². The normalized spacial score (nSPS) is 9.78. The van der Waals surface area contributed by atoms with Crippen molar-refractivity contribution in [3.8, 4) is 17.3 Å². The number of rotatable bonds is 3. The van der Waals surface area contributed by atoms with Crippen molar-refractivity contribution >= 4 is 11.6 Å². The Bertz CT molecular complexity index is 592. The maximum absolute atomic E-state index is 10.9. The molecule has 5 nitrogen and oxygen atoms in total. The summed E-state index contributed by atoms with van der Waals surface area (Å²) in [5.74, 6) is -0.0983. The summed E-state index contributed by atoms with van der Waals surface area (Å²) < 4.78 is 0. The molecule has 1 aromatic carbocycles. The Labute approximate surface area is 104 Å². The maximum Gasteiger partial charge on any atom is 0.221 e. The number of aromatic amines is 1. The lowest BCUT2D eigenvalue weighted by Crippen LogP contribution is -2.05. The van der Waals surface area contributed by atoms with E-state index in [1.807, 2.05) is 30.3 Å². The Hall–Kier alpha value is -2.61. The third-order valence-electron chi connectivity index (χ3n) is 2.40. The van der Waals surface area contributed by atoms with Crippen LogP contribution in [-0.4, -0.2) is 16.1 Å². The topological polar surface area (TPSA) is 81.6 Å². The molecule has 90 valence electrons. The van der Waals surface area contributed by atoms with Crippen LogP contribution in [0.15, 0.2) is 30.3 Å². The summed E-state index contributed by atoms with van der Waals surface area (Å²) >= 11 is 0. The lowest BCUT2D eigenvalue weighted by molar-refractivity contribution is -0.114. The van der Waals surface area contributed by atoms with Gasteiger partial charge in [-0.25, -0.2) is 0 Å². The van der Waals surface area contributed by atoms with Crippen molar-refractivity contribution in [3.63, 3.8) is 0 Å². The van der Waals surface area contributed by atoms with Crippen LogP contribution in [0.3, 0.4) is 0 Å². The predicted molar refractivity (Wildman–Crippen MR) is 67.6 cm³/mol. The lowest BCUT2D eigenvalue weighted by atomic mass is 10.1. The van der Waals surface area contributed by atoms with Crippen molar-refractivity contribution in [1.82, 2.24) is 10.2 Å². The molecule has 1 heterocycles. The Morgan fingerprint density at radius 1 is 1.44 bits per heavy atom. The molecule has 1 amide bonds. The van der Waals surface area contributed by atoms with Gasteiger partial charge in [-0.1, -0.05) is 12.1 Å². The SMILES string of the molecule is CC(=O)Nc1ccc(-c2cc(CC#N)[nH]n2)cc1. The largest absolute Gasteiger partial charge is 0.326 e. The molecule has 0 spiro atoms. The molecule has 0 fully saturated rings. The minimum absolute atomic E-state index is 0.0983. The van der Waals surface area contributed by atoms with Gasteiger partial charge in [-0.3, -0.25) is 9.89 Å². The summed E-state index contributed by atoms with van der Waals surface area (Å²) in [5.41, 5.74) is 3.26. The van der Waals surface area contributed by atoms with Gasteiger partial charge in [-0.2, -0.15) is 10.4 Å². The highest BCUT2D eigenvalue weighted by Crippen LogP contribution is 2.20. The number of nitriles is 1. The molecule has 0 aliphatic heterocycles. The zero-order chi connectivity index (χ0) is 13.0. The third-order valence-corrected chi connectivity index (χ3v) is 2.40. The van der Waals surface area contributed by atoms with Crippen molar-refractivity contribution in [3.05, 3.63) is 36.0 Å². The Morgan fingerprint density at radius 3 is 2.78 bits per heavy atom. The van der Waals surface area contributed by atoms with Gasteiger partial charge in [0.1, 0.15) is 0 Å². The van der Waals surface area contributed by atoms with Gasteiger partial charge in [-0.05, 0) is 18.2 Å². The van der Waals surface area contributed by atoms with E-state index in [0.29, 0.717) is 6.42 Å². The quantitative estimate of drug-likeness (QED) is 0.861. The minimum Gasteiger partial charge on any atom is -0.326 e. The zero-order valence-electron chi connectivity index (χ0n) is 9.90. The number of H-pyrrole nitrogens is 1. The third kappa shape index (κ3) is 2.74. The van der Waals surface area contributed by atoms with E-state index in [4.69, 9.17) is 5.26 Å². The number of nitrogens with one attached hydrogen (secondary N) is 2. The number of benzene rings is 1. The minimum atomic E-state index is -0.0983. The first kappa shape index (κ1) is 11.9. The second-order valence-corrected chi connectivity index (χ2v) is 3.87. The monoisotopic (exact) mass is 240 g/mol. The second kappa shape index (κ2) is 5.15. The molecule has 0 saturated heterocycles.